The zero-order valence-electron chi connectivity index (χ0n) is 14.0. The van der Waals surface area contributed by atoms with Gasteiger partial charge in [-0.1, -0.05) is 24.3 Å². The van der Waals surface area contributed by atoms with E-state index < -0.39 is 6.04 Å². The molecule has 0 unspecified atom stereocenters. The van der Waals surface area contributed by atoms with Crippen molar-refractivity contribution < 1.29 is 14.3 Å². The van der Waals surface area contributed by atoms with Crippen LogP contribution in [0.2, 0.25) is 0 Å². The number of hydrogen-bond donors (Lipinski definition) is 1. The van der Waals surface area contributed by atoms with Gasteiger partial charge in [0.1, 0.15) is 11.8 Å². The molecule has 1 aliphatic heterocycles. The number of rotatable bonds is 4. The van der Waals surface area contributed by atoms with Gasteiger partial charge in [-0.25, -0.2) is 4.90 Å². The Hall–Kier alpha value is -2.82. The summed E-state index contributed by atoms with van der Waals surface area (Å²) in [6, 6.07) is 12.5. The van der Waals surface area contributed by atoms with Crippen molar-refractivity contribution in [3.05, 3.63) is 53.6 Å². The molecule has 0 aromatic heterocycles. The summed E-state index contributed by atoms with van der Waals surface area (Å²) in [6.45, 7) is 3.97. The first kappa shape index (κ1) is 16.1. The smallest absolute Gasteiger partial charge is 0.256 e. The molecule has 24 heavy (non-hydrogen) atoms. The van der Waals surface area contributed by atoms with Crippen molar-refractivity contribution in [2.24, 2.45) is 0 Å². The molecule has 5 heteroatoms. The molecule has 0 saturated carbocycles. The maximum Gasteiger partial charge on any atom is 0.256 e. The predicted octanol–water partition coefficient (Wildman–Crippen LogP) is 3.06. The number of benzene rings is 2. The first-order valence-corrected chi connectivity index (χ1v) is 7.85. The van der Waals surface area contributed by atoms with E-state index in [4.69, 9.17) is 4.74 Å². The fourth-order valence-corrected chi connectivity index (χ4v) is 2.89. The molecule has 1 fully saturated rings. The van der Waals surface area contributed by atoms with Crippen LogP contribution in [0.15, 0.2) is 42.5 Å². The third-order valence-corrected chi connectivity index (χ3v) is 4.20. The largest absolute Gasteiger partial charge is 0.495 e. The van der Waals surface area contributed by atoms with Gasteiger partial charge in [0.05, 0.1) is 19.2 Å². The highest BCUT2D eigenvalue weighted by Gasteiger charge is 2.40. The van der Waals surface area contributed by atoms with Gasteiger partial charge in [0.25, 0.3) is 5.91 Å². The number of imide groups is 1. The lowest BCUT2D eigenvalue weighted by Crippen LogP contribution is -2.35. The van der Waals surface area contributed by atoms with Gasteiger partial charge >= 0.3 is 0 Å². The number of nitrogens with zero attached hydrogens (tertiary/aromatic N) is 1. The van der Waals surface area contributed by atoms with E-state index in [1.165, 1.54) is 12.0 Å². The normalized spacial score (nSPS) is 17.3. The molecule has 5 nitrogen and oxygen atoms in total. The molecular formula is C19H20N2O3. The lowest BCUT2D eigenvalue weighted by molar-refractivity contribution is -0.121. The fourth-order valence-electron chi connectivity index (χ4n) is 2.89. The number of aryl methyl sites for hydroxylation is 2. The maximum atomic E-state index is 12.8. The lowest BCUT2D eigenvalue weighted by atomic mass is 10.1. The first-order chi connectivity index (χ1) is 11.5. The van der Waals surface area contributed by atoms with Crippen LogP contribution >= 0.6 is 0 Å². The third kappa shape index (κ3) is 2.85. The molecule has 0 radical (unpaired) electrons. The summed E-state index contributed by atoms with van der Waals surface area (Å²) < 4.78 is 5.28. The summed E-state index contributed by atoms with van der Waals surface area (Å²) in [5, 5.41) is 3.21. The molecule has 2 amide bonds. The zero-order valence-corrected chi connectivity index (χ0v) is 14.0. The van der Waals surface area contributed by atoms with Gasteiger partial charge in [0.2, 0.25) is 5.91 Å². The van der Waals surface area contributed by atoms with Crippen molar-refractivity contribution >= 4 is 23.2 Å². The Kier molecular flexibility index (Phi) is 4.25. The highest BCUT2D eigenvalue weighted by Crippen LogP contribution is 2.32. The van der Waals surface area contributed by atoms with Crippen LogP contribution in [-0.4, -0.2) is 25.0 Å². The molecule has 1 heterocycles. The Bertz CT molecular complexity index is 801. The molecule has 124 valence electrons. The zero-order chi connectivity index (χ0) is 17.3. The average Bonchev–Trinajstić information content (AvgIpc) is 2.84. The summed E-state index contributed by atoms with van der Waals surface area (Å²) in [5.74, 6) is 0.0179. The minimum absolute atomic E-state index is 0.129. The number of amides is 2. The second kappa shape index (κ2) is 6.35. The quantitative estimate of drug-likeness (QED) is 0.878. The van der Waals surface area contributed by atoms with Gasteiger partial charge in [0, 0.05) is 5.69 Å². The Morgan fingerprint density at radius 3 is 2.62 bits per heavy atom. The molecule has 0 aliphatic carbocycles. The fraction of sp³-hybridized carbons (Fsp3) is 0.263. The van der Waals surface area contributed by atoms with Crippen molar-refractivity contribution in [1.29, 1.82) is 0 Å². The van der Waals surface area contributed by atoms with Crippen LogP contribution in [-0.2, 0) is 9.59 Å². The van der Waals surface area contributed by atoms with E-state index in [0.29, 0.717) is 11.4 Å². The minimum atomic E-state index is -0.567. The second-order valence-electron chi connectivity index (χ2n) is 5.96. The average molecular weight is 324 g/mol. The molecular weight excluding hydrogens is 304 g/mol. The Morgan fingerprint density at radius 2 is 1.88 bits per heavy atom. The number of para-hydroxylation sites is 2. The number of ether oxygens (including phenoxy) is 1. The van der Waals surface area contributed by atoms with Crippen LogP contribution in [0.3, 0.4) is 0 Å². The molecule has 3 rings (SSSR count). The highest BCUT2D eigenvalue weighted by molar-refractivity contribution is 6.23. The molecule has 0 bridgehead atoms. The predicted molar refractivity (Wildman–Crippen MR) is 93.4 cm³/mol. The Labute approximate surface area is 141 Å². The van der Waals surface area contributed by atoms with Crippen molar-refractivity contribution in [2.45, 2.75) is 26.3 Å². The number of nitrogens with one attached hydrogen (secondary N) is 1. The summed E-state index contributed by atoms with van der Waals surface area (Å²) in [4.78, 5) is 26.4. The van der Waals surface area contributed by atoms with Crippen LogP contribution in [0.25, 0.3) is 0 Å². The topological polar surface area (TPSA) is 58.6 Å². The summed E-state index contributed by atoms with van der Waals surface area (Å²) in [5.41, 5.74) is 3.50. The Morgan fingerprint density at radius 1 is 1.12 bits per heavy atom. The van der Waals surface area contributed by atoms with Crippen molar-refractivity contribution in [1.82, 2.24) is 0 Å². The molecule has 1 aliphatic rings. The van der Waals surface area contributed by atoms with E-state index >= 15 is 0 Å². The standard InChI is InChI=1S/C19H20N2O3/c1-12-8-9-13(2)14(10-12)20-15-11-18(22)21(19(15)23)16-6-4-5-7-17(16)24-3/h4-10,15,20H,11H2,1-3H3/t15-/m0/s1. The van der Waals surface area contributed by atoms with Gasteiger partial charge < -0.3 is 10.1 Å². The highest BCUT2D eigenvalue weighted by atomic mass is 16.5. The summed E-state index contributed by atoms with van der Waals surface area (Å²) in [6.07, 6.45) is 0.129. The van der Waals surface area contributed by atoms with E-state index in [2.05, 4.69) is 5.32 Å². The number of anilines is 2. The van der Waals surface area contributed by atoms with Crippen LogP contribution < -0.4 is 15.0 Å². The second-order valence-corrected chi connectivity index (χ2v) is 5.96. The monoisotopic (exact) mass is 324 g/mol. The molecule has 2 aromatic rings. The SMILES string of the molecule is COc1ccccc1N1C(=O)C[C@H](Nc2cc(C)ccc2C)C1=O. The van der Waals surface area contributed by atoms with Crippen molar-refractivity contribution in [3.63, 3.8) is 0 Å². The van der Waals surface area contributed by atoms with Crippen LogP contribution in [0.5, 0.6) is 5.75 Å². The van der Waals surface area contributed by atoms with Crippen LogP contribution in [0.1, 0.15) is 17.5 Å². The van der Waals surface area contributed by atoms with E-state index in [1.807, 2.05) is 32.0 Å². The molecule has 0 spiro atoms. The molecule has 1 atom stereocenters. The van der Waals surface area contributed by atoms with Gasteiger partial charge in [0.15, 0.2) is 0 Å². The van der Waals surface area contributed by atoms with Crippen molar-refractivity contribution in [3.8, 4) is 5.75 Å². The van der Waals surface area contributed by atoms with Gasteiger partial charge in [-0.05, 0) is 43.2 Å². The summed E-state index contributed by atoms with van der Waals surface area (Å²) in [7, 11) is 1.52. The van der Waals surface area contributed by atoms with E-state index in [-0.39, 0.29) is 18.2 Å². The van der Waals surface area contributed by atoms with Gasteiger partial charge in [-0.2, -0.15) is 0 Å². The number of carbonyl (C=O) groups excluding carboxylic acids is 2. The summed E-state index contributed by atoms with van der Waals surface area (Å²) >= 11 is 0. The van der Waals surface area contributed by atoms with Crippen molar-refractivity contribution in [2.75, 3.05) is 17.3 Å². The molecule has 2 aromatic carbocycles. The van der Waals surface area contributed by atoms with Crippen LogP contribution in [0.4, 0.5) is 11.4 Å². The molecule has 1 N–H and O–H groups in total. The number of hydrogen-bond acceptors (Lipinski definition) is 4. The molecule has 1 saturated heterocycles. The van der Waals surface area contributed by atoms with Gasteiger partial charge in [-0.15, -0.1) is 0 Å². The van der Waals surface area contributed by atoms with E-state index in [9.17, 15) is 9.59 Å². The maximum absolute atomic E-state index is 12.8. The number of methoxy groups -OCH3 is 1. The van der Waals surface area contributed by atoms with Crippen LogP contribution in [0, 0.1) is 13.8 Å². The van der Waals surface area contributed by atoms with E-state index in [1.54, 1.807) is 24.3 Å². The third-order valence-electron chi connectivity index (χ3n) is 4.20. The van der Waals surface area contributed by atoms with Gasteiger partial charge in [-0.3, -0.25) is 9.59 Å². The lowest BCUT2D eigenvalue weighted by Gasteiger charge is -2.19. The van der Waals surface area contributed by atoms with E-state index in [0.717, 1.165) is 16.8 Å². The minimum Gasteiger partial charge on any atom is -0.495 e. The Balaban J connectivity index is 1.88. The first-order valence-electron chi connectivity index (χ1n) is 7.85. The number of carbonyl (C=O) groups is 2.